The minimum absolute atomic E-state index is 0.467. The lowest BCUT2D eigenvalue weighted by Crippen LogP contribution is -2.57. The molecule has 3 amide bonds. The average molecular weight is 448 g/mol. The van der Waals surface area contributed by atoms with E-state index in [1.54, 1.807) is 0 Å². The number of nitrogens with two attached hydrogens (primary N) is 1. The van der Waals surface area contributed by atoms with Crippen LogP contribution in [0.5, 0.6) is 0 Å². The van der Waals surface area contributed by atoms with Crippen molar-refractivity contribution < 1.29 is 54.0 Å². The Bertz CT molecular complexity index is 739. The fourth-order valence-corrected chi connectivity index (χ4v) is 2.13. The number of nitrogens with one attached hydrogen (secondary N) is 3. The Morgan fingerprint density at radius 3 is 1.65 bits per heavy atom. The third-order valence-corrected chi connectivity index (χ3v) is 3.75. The topological polar surface area (TPSA) is 263 Å². The van der Waals surface area contributed by atoms with Gasteiger partial charge in [-0.15, -0.1) is 0 Å². The van der Waals surface area contributed by atoms with Crippen molar-refractivity contribution in [1.29, 1.82) is 0 Å². The van der Waals surface area contributed by atoms with Gasteiger partial charge in [0.2, 0.25) is 17.7 Å². The molecule has 15 nitrogen and oxygen atoms in total. The van der Waals surface area contributed by atoms with Crippen molar-refractivity contribution >= 4 is 41.6 Å². The van der Waals surface area contributed by atoms with Crippen molar-refractivity contribution in [2.75, 3.05) is 0 Å². The van der Waals surface area contributed by atoms with E-state index in [4.69, 9.17) is 26.2 Å². The number of hydrogen-bond acceptors (Lipinski definition) is 8. The molecule has 0 radical (unpaired) electrons. The maximum absolute atomic E-state index is 12.4. The van der Waals surface area contributed by atoms with Gasteiger partial charge in [-0.25, -0.2) is 0 Å². The van der Waals surface area contributed by atoms with Gasteiger partial charge in [-0.1, -0.05) is 0 Å². The van der Waals surface area contributed by atoms with Crippen LogP contribution in [-0.2, 0) is 33.6 Å². The van der Waals surface area contributed by atoms with Crippen LogP contribution in [0.25, 0.3) is 0 Å². The summed E-state index contributed by atoms with van der Waals surface area (Å²) in [4.78, 5) is 79.9. The van der Waals surface area contributed by atoms with E-state index < -0.39 is 91.4 Å². The first-order chi connectivity index (χ1) is 14.2. The smallest absolute Gasteiger partial charge is 0.325 e. The van der Waals surface area contributed by atoms with Gasteiger partial charge in [-0.3, -0.25) is 33.6 Å². The van der Waals surface area contributed by atoms with Crippen molar-refractivity contribution in [2.45, 2.75) is 56.8 Å². The molecule has 0 saturated heterocycles. The molecule has 0 rings (SSSR count). The number of aliphatic carboxylic acids is 4. The highest BCUT2D eigenvalue weighted by molar-refractivity contribution is 5.96. The maximum atomic E-state index is 12.4. The first kappa shape index (κ1) is 27.2. The zero-order chi connectivity index (χ0) is 24.3. The Balaban J connectivity index is 5.44. The number of carbonyl (C=O) groups excluding carboxylic acids is 3. The number of carboxylic acid groups (broad SMARTS) is 4. The molecule has 0 heterocycles. The average Bonchev–Trinajstić information content (AvgIpc) is 2.62. The van der Waals surface area contributed by atoms with E-state index in [0.717, 1.165) is 6.92 Å². The van der Waals surface area contributed by atoms with Gasteiger partial charge in [-0.05, 0) is 13.3 Å². The largest absolute Gasteiger partial charge is 0.481 e. The molecule has 174 valence electrons. The van der Waals surface area contributed by atoms with E-state index in [-0.39, 0.29) is 0 Å². The van der Waals surface area contributed by atoms with Gasteiger partial charge >= 0.3 is 23.9 Å². The lowest BCUT2D eigenvalue weighted by Gasteiger charge is -2.23. The predicted octanol–water partition coefficient (Wildman–Crippen LogP) is -3.31. The molecule has 9 N–H and O–H groups in total. The van der Waals surface area contributed by atoms with Crippen LogP contribution in [-0.4, -0.2) is 86.2 Å². The van der Waals surface area contributed by atoms with Crippen LogP contribution >= 0.6 is 0 Å². The number of amides is 3. The summed E-state index contributed by atoms with van der Waals surface area (Å²) in [6.45, 7) is 1.12. The van der Waals surface area contributed by atoms with Gasteiger partial charge in [0, 0.05) is 6.42 Å². The molecule has 0 bridgehead atoms. The quantitative estimate of drug-likeness (QED) is 0.130. The molecule has 0 aromatic heterocycles. The molecule has 0 aliphatic carbocycles. The highest BCUT2D eigenvalue weighted by Gasteiger charge is 2.31. The van der Waals surface area contributed by atoms with Crippen LogP contribution in [0.3, 0.4) is 0 Å². The highest BCUT2D eigenvalue weighted by Crippen LogP contribution is 2.03. The first-order valence-electron chi connectivity index (χ1n) is 8.79. The van der Waals surface area contributed by atoms with Gasteiger partial charge in [-0.2, -0.15) is 0 Å². The molecule has 0 aromatic rings. The van der Waals surface area contributed by atoms with Crippen LogP contribution in [0.15, 0.2) is 0 Å². The van der Waals surface area contributed by atoms with E-state index in [2.05, 4.69) is 5.32 Å². The summed E-state index contributed by atoms with van der Waals surface area (Å²) >= 11 is 0. The van der Waals surface area contributed by atoms with E-state index in [1.165, 1.54) is 0 Å². The van der Waals surface area contributed by atoms with E-state index in [9.17, 15) is 33.6 Å². The van der Waals surface area contributed by atoms with Crippen molar-refractivity contribution in [3.05, 3.63) is 0 Å². The predicted molar refractivity (Wildman–Crippen MR) is 98.5 cm³/mol. The normalized spacial score (nSPS) is 14.3. The summed E-state index contributed by atoms with van der Waals surface area (Å²) in [5.41, 5.74) is 5.35. The molecule has 0 fully saturated rings. The van der Waals surface area contributed by atoms with E-state index in [1.807, 2.05) is 10.6 Å². The van der Waals surface area contributed by atoms with E-state index in [0.29, 0.717) is 0 Å². The zero-order valence-electron chi connectivity index (χ0n) is 16.4. The summed E-state index contributed by atoms with van der Waals surface area (Å²) in [5.74, 6) is -9.07. The minimum atomic E-state index is -1.78. The van der Waals surface area contributed by atoms with Gasteiger partial charge in [0.25, 0.3) is 0 Å². The molecule has 0 aliphatic heterocycles. The summed E-state index contributed by atoms with van der Waals surface area (Å²) in [6.07, 6.45) is -2.83. The van der Waals surface area contributed by atoms with Crippen LogP contribution in [0.4, 0.5) is 0 Å². The van der Waals surface area contributed by atoms with Crippen molar-refractivity contribution in [1.82, 2.24) is 16.0 Å². The van der Waals surface area contributed by atoms with Gasteiger partial charge < -0.3 is 42.1 Å². The molecule has 0 aliphatic rings. The SMILES string of the molecule is CC(NC(=O)C(CCC(=O)O)NC(=O)C(CC(=O)O)NC(=O)C(N)CC(=O)O)C(=O)O. The van der Waals surface area contributed by atoms with Gasteiger partial charge in [0.1, 0.15) is 18.1 Å². The second-order valence-electron chi connectivity index (χ2n) is 6.43. The molecule has 4 unspecified atom stereocenters. The van der Waals surface area contributed by atoms with Crippen molar-refractivity contribution in [3.63, 3.8) is 0 Å². The molecule has 4 atom stereocenters. The first-order valence-corrected chi connectivity index (χ1v) is 8.79. The number of hydrogen-bond donors (Lipinski definition) is 8. The Morgan fingerprint density at radius 2 is 1.19 bits per heavy atom. The maximum Gasteiger partial charge on any atom is 0.325 e. The van der Waals surface area contributed by atoms with Gasteiger partial charge in [0.05, 0.1) is 18.9 Å². The minimum Gasteiger partial charge on any atom is -0.481 e. The molecule has 31 heavy (non-hydrogen) atoms. The third kappa shape index (κ3) is 11.1. The van der Waals surface area contributed by atoms with Crippen molar-refractivity contribution in [2.24, 2.45) is 5.73 Å². The van der Waals surface area contributed by atoms with Crippen LogP contribution in [0.2, 0.25) is 0 Å². The summed E-state index contributed by atoms with van der Waals surface area (Å²) in [5, 5.41) is 41.3. The fraction of sp³-hybridized carbons (Fsp3) is 0.562. The molecule has 0 aromatic carbocycles. The molecule has 0 spiro atoms. The Hall–Kier alpha value is -3.75. The lowest BCUT2D eigenvalue weighted by atomic mass is 10.1. The van der Waals surface area contributed by atoms with Crippen LogP contribution < -0.4 is 21.7 Å². The highest BCUT2D eigenvalue weighted by atomic mass is 16.4. The molecular formula is C16H24N4O11. The Morgan fingerprint density at radius 1 is 0.710 bits per heavy atom. The fourth-order valence-electron chi connectivity index (χ4n) is 2.13. The zero-order valence-corrected chi connectivity index (χ0v) is 16.4. The number of carboxylic acids is 4. The summed E-state index contributed by atoms with van der Waals surface area (Å²) < 4.78 is 0. The molecular weight excluding hydrogens is 424 g/mol. The summed E-state index contributed by atoms with van der Waals surface area (Å²) in [6, 6.07) is -6.31. The second-order valence-corrected chi connectivity index (χ2v) is 6.43. The Kier molecular flexibility index (Phi) is 11.2. The molecule has 0 saturated carbocycles. The number of rotatable bonds is 14. The lowest BCUT2D eigenvalue weighted by molar-refractivity contribution is -0.143. The standard InChI is InChI=1S/C16H24N4O11/c1-6(16(30)31)18-14(28)8(2-3-10(21)22)19-15(29)9(5-12(25)26)20-13(27)7(17)4-11(23)24/h6-9H,2-5,17H2,1H3,(H,18,28)(H,19,29)(H,20,27)(H,21,22)(H,23,24)(H,25,26)(H,30,31). The van der Waals surface area contributed by atoms with Gasteiger partial charge in [0.15, 0.2) is 0 Å². The Labute approximate surface area is 175 Å². The second kappa shape index (κ2) is 12.7. The third-order valence-electron chi connectivity index (χ3n) is 3.75. The van der Waals surface area contributed by atoms with E-state index >= 15 is 0 Å². The van der Waals surface area contributed by atoms with Crippen molar-refractivity contribution in [3.8, 4) is 0 Å². The summed E-state index contributed by atoms with van der Waals surface area (Å²) in [7, 11) is 0. The number of carbonyl (C=O) groups is 7. The van der Waals surface area contributed by atoms with Crippen LogP contribution in [0, 0.1) is 0 Å². The monoisotopic (exact) mass is 448 g/mol. The molecule has 15 heteroatoms. The van der Waals surface area contributed by atoms with Crippen LogP contribution in [0.1, 0.15) is 32.6 Å².